The molecule has 0 aliphatic heterocycles. The first-order valence-electron chi connectivity index (χ1n) is 3.61. The molecule has 0 bridgehead atoms. The van der Waals surface area contributed by atoms with Crippen molar-refractivity contribution in [3.05, 3.63) is 28.3 Å². The van der Waals surface area contributed by atoms with Crippen LogP contribution in [0, 0.1) is 10.1 Å². The third-order valence-electron chi connectivity index (χ3n) is 1.31. The quantitative estimate of drug-likeness (QED) is 0.235. The van der Waals surface area contributed by atoms with E-state index in [1.54, 1.807) is 0 Å². The molecule has 1 aromatic carbocycles. The molecule has 1 aromatic rings. The Morgan fingerprint density at radius 2 is 1.69 bits per heavy atom. The second-order valence-electron chi connectivity index (χ2n) is 2.48. The number of rotatable bonds is 1. The predicted octanol–water partition coefficient (Wildman–Crippen LogP) is 0.106. The number of para-hydroxylation sites is 1. The van der Waals surface area contributed by atoms with Crippen molar-refractivity contribution in [2.45, 2.75) is 0 Å². The van der Waals surface area contributed by atoms with Gasteiger partial charge in [-0.1, -0.05) is 6.07 Å². The van der Waals surface area contributed by atoms with E-state index in [0.717, 1.165) is 0 Å². The second kappa shape index (κ2) is 5.25. The first-order chi connectivity index (χ1) is 7.13. The fraction of sp³-hybridized carbons (Fsp3) is 0. The van der Waals surface area contributed by atoms with Crippen LogP contribution in [0.4, 0.5) is 17.1 Å². The number of nitrogens with zero attached hydrogens (tertiary/aromatic N) is 1. The van der Waals surface area contributed by atoms with Crippen molar-refractivity contribution in [2.24, 2.45) is 0 Å². The number of anilines is 2. The van der Waals surface area contributed by atoms with E-state index in [4.69, 9.17) is 29.0 Å². The Morgan fingerprint density at radius 1 is 1.25 bits per heavy atom. The van der Waals surface area contributed by atoms with Crippen LogP contribution in [0.5, 0.6) is 0 Å². The van der Waals surface area contributed by atoms with Gasteiger partial charge in [-0.2, -0.15) is 8.42 Å². The van der Waals surface area contributed by atoms with Crippen molar-refractivity contribution in [2.75, 3.05) is 11.5 Å². The summed E-state index contributed by atoms with van der Waals surface area (Å²) in [7, 11) is -4.67. The van der Waals surface area contributed by atoms with Crippen LogP contribution in [0.15, 0.2) is 18.2 Å². The molecule has 1 rings (SSSR count). The predicted molar refractivity (Wildman–Crippen MR) is 56.1 cm³/mol. The van der Waals surface area contributed by atoms with E-state index in [1.807, 2.05) is 0 Å². The average Bonchev–Trinajstić information content (AvgIpc) is 2.06. The van der Waals surface area contributed by atoms with Gasteiger partial charge in [0.1, 0.15) is 5.69 Å². The first kappa shape index (κ1) is 14.1. The molecule has 90 valence electrons. The lowest BCUT2D eigenvalue weighted by atomic mass is 10.2. The molecular formula is C6H9N3O6S. The highest BCUT2D eigenvalue weighted by molar-refractivity contribution is 7.79. The van der Waals surface area contributed by atoms with E-state index in [1.165, 1.54) is 18.2 Å². The molecule has 0 heterocycles. The lowest BCUT2D eigenvalue weighted by Gasteiger charge is -1.98. The van der Waals surface area contributed by atoms with Gasteiger partial charge in [0.2, 0.25) is 0 Å². The molecule has 0 atom stereocenters. The summed E-state index contributed by atoms with van der Waals surface area (Å²) in [6.07, 6.45) is 0. The number of hydrogen-bond acceptors (Lipinski definition) is 6. The standard InChI is InChI=1S/C6H7N3O2.H2O4S/c7-4-2-1-3-5(6(4)8)9(10)11;1-5(2,3)4/h1-3H,7-8H2;(H2,1,2,3,4). The lowest BCUT2D eigenvalue weighted by molar-refractivity contribution is -0.383. The number of nitro benzene ring substituents is 1. The van der Waals surface area contributed by atoms with Crippen LogP contribution in [0.2, 0.25) is 0 Å². The van der Waals surface area contributed by atoms with Crippen molar-refractivity contribution < 1.29 is 22.4 Å². The number of benzene rings is 1. The van der Waals surface area contributed by atoms with Gasteiger partial charge in [-0.3, -0.25) is 19.2 Å². The van der Waals surface area contributed by atoms with Crippen molar-refractivity contribution in [3.63, 3.8) is 0 Å². The van der Waals surface area contributed by atoms with E-state index >= 15 is 0 Å². The monoisotopic (exact) mass is 251 g/mol. The summed E-state index contributed by atoms with van der Waals surface area (Å²) in [6, 6.07) is 4.32. The first-order valence-corrected chi connectivity index (χ1v) is 5.01. The molecule has 0 aromatic heterocycles. The average molecular weight is 251 g/mol. The van der Waals surface area contributed by atoms with Crippen LogP contribution >= 0.6 is 0 Å². The summed E-state index contributed by atoms with van der Waals surface area (Å²) < 4.78 is 31.6. The van der Waals surface area contributed by atoms with E-state index < -0.39 is 15.3 Å². The van der Waals surface area contributed by atoms with E-state index in [9.17, 15) is 10.1 Å². The highest BCUT2D eigenvalue weighted by Gasteiger charge is 2.11. The minimum atomic E-state index is -4.67. The summed E-state index contributed by atoms with van der Waals surface area (Å²) in [5.74, 6) is 0. The molecule has 0 aliphatic rings. The Bertz CT molecular complexity index is 477. The molecule has 0 saturated heterocycles. The molecule has 0 spiro atoms. The van der Waals surface area contributed by atoms with Gasteiger partial charge in [0.25, 0.3) is 5.69 Å². The summed E-state index contributed by atoms with van der Waals surface area (Å²) in [6.45, 7) is 0. The Labute approximate surface area is 90.4 Å². The van der Waals surface area contributed by atoms with Gasteiger partial charge in [-0.25, -0.2) is 0 Å². The van der Waals surface area contributed by atoms with Gasteiger partial charge in [0.05, 0.1) is 10.6 Å². The molecule has 0 unspecified atom stereocenters. The van der Waals surface area contributed by atoms with Gasteiger partial charge in [-0.15, -0.1) is 0 Å². The van der Waals surface area contributed by atoms with Crippen LogP contribution in [0.25, 0.3) is 0 Å². The van der Waals surface area contributed by atoms with Crippen LogP contribution in [0.3, 0.4) is 0 Å². The summed E-state index contributed by atoms with van der Waals surface area (Å²) >= 11 is 0. The van der Waals surface area contributed by atoms with Crippen LogP contribution in [-0.2, 0) is 10.4 Å². The number of nitrogen functional groups attached to an aromatic ring is 2. The molecular weight excluding hydrogens is 242 g/mol. The molecule has 10 heteroatoms. The van der Waals surface area contributed by atoms with Gasteiger partial charge < -0.3 is 11.5 Å². The largest absolute Gasteiger partial charge is 0.397 e. The Balaban J connectivity index is 0.000000385. The van der Waals surface area contributed by atoms with Crippen LogP contribution in [-0.4, -0.2) is 22.4 Å². The van der Waals surface area contributed by atoms with Crippen LogP contribution < -0.4 is 11.5 Å². The van der Waals surface area contributed by atoms with Gasteiger partial charge in [-0.05, 0) is 6.07 Å². The SMILES string of the molecule is Nc1cccc([N+](=O)[O-])c1N.O=S(=O)(O)O. The fourth-order valence-corrected chi connectivity index (χ4v) is 0.730. The normalized spacial score (nSPS) is 10.1. The van der Waals surface area contributed by atoms with Gasteiger partial charge in [0.15, 0.2) is 0 Å². The van der Waals surface area contributed by atoms with Crippen molar-refractivity contribution in [1.29, 1.82) is 0 Å². The molecule has 0 radical (unpaired) electrons. The molecule has 0 aliphatic carbocycles. The Kier molecular flexibility index (Phi) is 4.62. The number of nitro groups is 1. The maximum Gasteiger partial charge on any atom is 0.394 e. The Hall–Kier alpha value is -1.91. The topological polar surface area (TPSA) is 170 Å². The zero-order valence-corrected chi connectivity index (χ0v) is 8.59. The molecule has 16 heavy (non-hydrogen) atoms. The van der Waals surface area contributed by atoms with Crippen molar-refractivity contribution in [3.8, 4) is 0 Å². The third-order valence-corrected chi connectivity index (χ3v) is 1.31. The molecule has 0 amide bonds. The minimum Gasteiger partial charge on any atom is -0.397 e. The van der Waals surface area contributed by atoms with Gasteiger partial charge >= 0.3 is 10.4 Å². The third kappa shape index (κ3) is 5.74. The maximum atomic E-state index is 10.2. The minimum absolute atomic E-state index is 0.0255. The number of hydrogen-bond donors (Lipinski definition) is 4. The van der Waals surface area contributed by atoms with E-state index in [-0.39, 0.29) is 17.1 Å². The van der Waals surface area contributed by atoms with E-state index in [2.05, 4.69) is 0 Å². The lowest BCUT2D eigenvalue weighted by Crippen LogP contribution is -1.99. The highest BCUT2D eigenvalue weighted by Crippen LogP contribution is 2.25. The summed E-state index contributed by atoms with van der Waals surface area (Å²) in [5, 5.41) is 10.2. The van der Waals surface area contributed by atoms with Crippen LogP contribution in [0.1, 0.15) is 0 Å². The zero-order chi connectivity index (χ0) is 12.9. The highest BCUT2D eigenvalue weighted by atomic mass is 32.3. The zero-order valence-electron chi connectivity index (χ0n) is 7.77. The fourth-order valence-electron chi connectivity index (χ4n) is 0.730. The summed E-state index contributed by atoms with van der Waals surface area (Å²) in [4.78, 5) is 9.68. The second-order valence-corrected chi connectivity index (χ2v) is 3.38. The molecule has 0 fully saturated rings. The number of nitrogens with two attached hydrogens (primary N) is 2. The van der Waals surface area contributed by atoms with Gasteiger partial charge in [0, 0.05) is 6.07 Å². The maximum absolute atomic E-state index is 10.2. The van der Waals surface area contributed by atoms with Crippen molar-refractivity contribution >= 4 is 27.5 Å². The van der Waals surface area contributed by atoms with Crippen molar-refractivity contribution in [1.82, 2.24) is 0 Å². The smallest absolute Gasteiger partial charge is 0.394 e. The molecule has 6 N–H and O–H groups in total. The Morgan fingerprint density at radius 3 is 2.00 bits per heavy atom. The van der Waals surface area contributed by atoms with E-state index in [0.29, 0.717) is 0 Å². The molecule has 0 saturated carbocycles. The molecule has 9 nitrogen and oxygen atoms in total. The summed E-state index contributed by atoms with van der Waals surface area (Å²) in [5.41, 5.74) is 10.8.